The van der Waals surface area contributed by atoms with Gasteiger partial charge in [-0.05, 0) is 12.1 Å². The summed E-state index contributed by atoms with van der Waals surface area (Å²) in [5.74, 6) is -0.334. The number of carbonyl (C=O) groups excluding carboxylic acids is 2. The second-order valence-corrected chi connectivity index (χ2v) is 3.83. The van der Waals surface area contributed by atoms with Gasteiger partial charge in [-0.2, -0.15) is 0 Å². The molecule has 1 fully saturated rings. The van der Waals surface area contributed by atoms with Gasteiger partial charge in [0, 0.05) is 24.8 Å². The summed E-state index contributed by atoms with van der Waals surface area (Å²) in [4.78, 5) is 28.4. The zero-order valence-corrected chi connectivity index (χ0v) is 9.20. The zero-order chi connectivity index (χ0) is 11.5. The second-order valence-electron chi connectivity index (χ2n) is 3.44. The number of nitrogens with zero attached hydrogens (tertiary/aromatic N) is 2. The fraction of sp³-hybridized carbons (Fsp3) is 0.300. The normalized spacial score (nSPS) is 15.8. The molecule has 0 unspecified atom stereocenters. The van der Waals surface area contributed by atoms with Gasteiger partial charge in [0.2, 0.25) is 5.91 Å². The van der Waals surface area contributed by atoms with Crippen LogP contribution in [0.2, 0.25) is 5.15 Å². The number of pyridine rings is 1. The van der Waals surface area contributed by atoms with Crippen LogP contribution in [0.5, 0.6) is 0 Å². The molecular formula is C10H10ClN3O2. The van der Waals surface area contributed by atoms with Crippen LogP contribution in [0.3, 0.4) is 0 Å². The molecule has 0 atom stereocenters. The number of nitrogens with one attached hydrogen (secondary N) is 1. The van der Waals surface area contributed by atoms with Gasteiger partial charge in [-0.3, -0.25) is 9.59 Å². The number of piperazine rings is 1. The van der Waals surface area contributed by atoms with Crippen molar-refractivity contribution < 1.29 is 9.59 Å². The molecule has 0 bridgehead atoms. The fourth-order valence-corrected chi connectivity index (χ4v) is 1.70. The molecule has 0 radical (unpaired) electrons. The lowest BCUT2D eigenvalue weighted by Gasteiger charge is -2.26. The molecule has 0 aromatic carbocycles. The van der Waals surface area contributed by atoms with E-state index in [9.17, 15) is 9.59 Å². The van der Waals surface area contributed by atoms with Crippen molar-refractivity contribution in [3.63, 3.8) is 0 Å². The van der Waals surface area contributed by atoms with Crippen molar-refractivity contribution in [3.05, 3.63) is 29.0 Å². The highest BCUT2D eigenvalue weighted by Gasteiger charge is 2.22. The Hall–Kier alpha value is -1.62. The van der Waals surface area contributed by atoms with Gasteiger partial charge in [-0.25, -0.2) is 4.98 Å². The maximum atomic E-state index is 12.0. The summed E-state index contributed by atoms with van der Waals surface area (Å²) in [6, 6.07) is 3.08. The maximum Gasteiger partial charge on any atom is 0.254 e. The molecule has 0 spiro atoms. The molecule has 1 aromatic rings. The third-order valence-corrected chi connectivity index (χ3v) is 2.51. The predicted molar refractivity (Wildman–Crippen MR) is 58.2 cm³/mol. The molecule has 1 aliphatic heterocycles. The van der Waals surface area contributed by atoms with Crippen molar-refractivity contribution in [1.82, 2.24) is 15.2 Å². The minimum atomic E-state index is -0.195. The first-order valence-electron chi connectivity index (χ1n) is 4.84. The highest BCUT2D eigenvalue weighted by molar-refractivity contribution is 6.29. The lowest BCUT2D eigenvalue weighted by Crippen LogP contribution is -2.49. The summed E-state index contributed by atoms with van der Waals surface area (Å²) < 4.78 is 0. The SMILES string of the molecule is O=C1CN(C(=O)c2ccnc(Cl)c2)CCN1. The molecule has 0 aliphatic carbocycles. The van der Waals surface area contributed by atoms with Gasteiger partial charge in [0.05, 0.1) is 6.54 Å². The van der Waals surface area contributed by atoms with E-state index in [1.165, 1.54) is 17.2 Å². The smallest absolute Gasteiger partial charge is 0.254 e. The standard InChI is InChI=1S/C10H10ClN3O2/c11-8-5-7(1-2-12-8)10(16)14-4-3-13-9(15)6-14/h1-2,5H,3-4,6H2,(H,13,15). The summed E-state index contributed by atoms with van der Waals surface area (Å²) in [7, 11) is 0. The number of amides is 2. The third-order valence-electron chi connectivity index (χ3n) is 2.30. The first kappa shape index (κ1) is 10.9. The summed E-state index contributed by atoms with van der Waals surface area (Å²) >= 11 is 5.70. The average molecular weight is 240 g/mol. The summed E-state index contributed by atoms with van der Waals surface area (Å²) in [5.41, 5.74) is 0.453. The van der Waals surface area contributed by atoms with Gasteiger partial charge in [0.15, 0.2) is 0 Å². The lowest BCUT2D eigenvalue weighted by atomic mass is 10.2. The first-order valence-corrected chi connectivity index (χ1v) is 5.22. The average Bonchev–Trinajstić information content (AvgIpc) is 2.28. The quantitative estimate of drug-likeness (QED) is 0.718. The summed E-state index contributed by atoms with van der Waals surface area (Å²) in [6.07, 6.45) is 1.47. The van der Waals surface area contributed by atoms with Crippen LogP contribution in [0.4, 0.5) is 0 Å². The molecule has 2 amide bonds. The van der Waals surface area contributed by atoms with E-state index < -0.39 is 0 Å². The molecule has 5 nitrogen and oxygen atoms in total. The Morgan fingerprint density at radius 2 is 2.38 bits per heavy atom. The second kappa shape index (κ2) is 4.49. The predicted octanol–water partition coefficient (Wildman–Crippen LogP) is 0.307. The first-order chi connectivity index (χ1) is 7.66. The van der Waals surface area contributed by atoms with Crippen molar-refractivity contribution in [2.45, 2.75) is 0 Å². The van der Waals surface area contributed by atoms with Crippen LogP contribution in [0.15, 0.2) is 18.3 Å². The molecule has 1 aliphatic rings. The molecule has 1 N–H and O–H groups in total. The molecular weight excluding hydrogens is 230 g/mol. The Kier molecular flexibility index (Phi) is 3.05. The Morgan fingerprint density at radius 1 is 1.56 bits per heavy atom. The number of aromatic nitrogens is 1. The number of carbonyl (C=O) groups is 2. The number of hydrogen-bond donors (Lipinski definition) is 1. The van der Waals surface area contributed by atoms with Gasteiger partial charge in [-0.15, -0.1) is 0 Å². The lowest BCUT2D eigenvalue weighted by molar-refractivity contribution is -0.123. The van der Waals surface area contributed by atoms with Crippen molar-refractivity contribution in [3.8, 4) is 0 Å². The van der Waals surface area contributed by atoms with E-state index in [0.29, 0.717) is 18.7 Å². The van der Waals surface area contributed by atoms with Crippen molar-refractivity contribution in [2.75, 3.05) is 19.6 Å². The molecule has 84 valence electrons. The number of halogens is 1. The van der Waals surface area contributed by atoms with Crippen LogP contribution in [-0.4, -0.2) is 41.3 Å². The monoisotopic (exact) mass is 239 g/mol. The molecule has 16 heavy (non-hydrogen) atoms. The zero-order valence-electron chi connectivity index (χ0n) is 8.44. The highest BCUT2D eigenvalue weighted by Crippen LogP contribution is 2.10. The Balaban J connectivity index is 2.15. The summed E-state index contributed by atoms with van der Waals surface area (Å²) in [6.45, 7) is 1.10. The van der Waals surface area contributed by atoms with Crippen molar-refractivity contribution >= 4 is 23.4 Å². The molecule has 2 rings (SSSR count). The molecule has 0 saturated carbocycles. The minimum Gasteiger partial charge on any atom is -0.353 e. The van der Waals surface area contributed by atoms with Gasteiger partial charge in [0.25, 0.3) is 5.91 Å². The van der Waals surface area contributed by atoms with E-state index in [1.807, 2.05) is 0 Å². The van der Waals surface area contributed by atoms with Crippen LogP contribution < -0.4 is 5.32 Å². The number of hydrogen-bond acceptors (Lipinski definition) is 3. The Labute approximate surface area is 97.4 Å². The summed E-state index contributed by atoms with van der Waals surface area (Å²) in [5, 5.41) is 2.93. The maximum absolute atomic E-state index is 12.0. The largest absolute Gasteiger partial charge is 0.353 e. The van der Waals surface area contributed by atoms with E-state index in [-0.39, 0.29) is 23.5 Å². The molecule has 6 heteroatoms. The van der Waals surface area contributed by atoms with Crippen LogP contribution >= 0.6 is 11.6 Å². The molecule has 2 heterocycles. The molecule has 1 aromatic heterocycles. The van der Waals surface area contributed by atoms with Crippen LogP contribution in [0.25, 0.3) is 0 Å². The number of rotatable bonds is 1. The van der Waals surface area contributed by atoms with Crippen molar-refractivity contribution in [2.24, 2.45) is 0 Å². The van der Waals surface area contributed by atoms with E-state index in [4.69, 9.17) is 11.6 Å². The van der Waals surface area contributed by atoms with E-state index in [2.05, 4.69) is 10.3 Å². The van der Waals surface area contributed by atoms with Crippen molar-refractivity contribution in [1.29, 1.82) is 0 Å². The molecule has 1 saturated heterocycles. The highest BCUT2D eigenvalue weighted by atomic mass is 35.5. The van der Waals surface area contributed by atoms with Gasteiger partial charge >= 0.3 is 0 Å². The van der Waals surface area contributed by atoms with Gasteiger partial charge in [-0.1, -0.05) is 11.6 Å². The van der Waals surface area contributed by atoms with E-state index in [0.717, 1.165) is 0 Å². The van der Waals surface area contributed by atoms with Gasteiger partial charge in [0.1, 0.15) is 5.15 Å². The topological polar surface area (TPSA) is 62.3 Å². The Morgan fingerprint density at radius 3 is 3.06 bits per heavy atom. The van der Waals surface area contributed by atoms with Gasteiger partial charge < -0.3 is 10.2 Å². The third kappa shape index (κ3) is 2.30. The fourth-order valence-electron chi connectivity index (χ4n) is 1.53. The van der Waals surface area contributed by atoms with Crippen LogP contribution in [0.1, 0.15) is 10.4 Å². The van der Waals surface area contributed by atoms with Crippen LogP contribution in [-0.2, 0) is 4.79 Å². The van der Waals surface area contributed by atoms with E-state index in [1.54, 1.807) is 6.07 Å². The minimum absolute atomic E-state index is 0.0960. The van der Waals surface area contributed by atoms with E-state index >= 15 is 0 Å². The Bertz CT molecular complexity index is 436. The van der Waals surface area contributed by atoms with Crippen LogP contribution in [0, 0.1) is 0 Å².